The molecule has 5 heteroatoms. The third-order valence-electron chi connectivity index (χ3n) is 3.36. The molecular weight excluding hydrogens is 290 g/mol. The number of nitrogens with zero attached hydrogens (tertiary/aromatic N) is 2. The lowest BCUT2D eigenvalue weighted by Crippen LogP contribution is -2.23. The molecule has 5 nitrogen and oxygen atoms in total. The minimum absolute atomic E-state index is 0.0240. The van der Waals surface area contributed by atoms with Crippen LogP contribution in [0.2, 0.25) is 0 Å². The van der Waals surface area contributed by atoms with Crippen LogP contribution in [0.5, 0.6) is 11.5 Å². The number of ether oxygens (including phenoxy) is 2. The number of aromatic nitrogens is 2. The first kappa shape index (κ1) is 17.1. The van der Waals surface area contributed by atoms with E-state index in [2.05, 4.69) is 29.1 Å². The van der Waals surface area contributed by atoms with Crippen LogP contribution in [0.1, 0.15) is 38.2 Å². The summed E-state index contributed by atoms with van der Waals surface area (Å²) in [5.74, 6) is 3.46. The third kappa shape index (κ3) is 4.84. The number of hydrogen-bond acceptors (Lipinski definition) is 5. The molecule has 0 saturated heterocycles. The van der Waals surface area contributed by atoms with Crippen molar-refractivity contribution in [3.8, 4) is 11.5 Å². The van der Waals surface area contributed by atoms with E-state index in [1.54, 1.807) is 7.11 Å². The molecule has 0 aliphatic carbocycles. The predicted molar refractivity (Wildman–Crippen MR) is 92.4 cm³/mol. The summed E-state index contributed by atoms with van der Waals surface area (Å²) in [4.78, 5) is 9.00. The number of methoxy groups -OCH3 is 1. The molecule has 0 amide bonds. The summed E-state index contributed by atoms with van der Waals surface area (Å²) in [6.07, 6.45) is -0.0240. The summed E-state index contributed by atoms with van der Waals surface area (Å²) >= 11 is 0. The number of aryl methyl sites for hydroxylation is 1. The Bertz CT molecular complexity index is 644. The first-order valence-electron chi connectivity index (χ1n) is 7.88. The van der Waals surface area contributed by atoms with Crippen molar-refractivity contribution in [1.82, 2.24) is 9.97 Å². The molecule has 2 aromatic rings. The Morgan fingerprint density at radius 1 is 1.09 bits per heavy atom. The van der Waals surface area contributed by atoms with Crippen LogP contribution in [-0.2, 0) is 0 Å². The number of nitrogens with one attached hydrogen (secondary N) is 1. The fraction of sp³-hybridized carbons (Fsp3) is 0.444. The molecule has 124 valence electrons. The Balaban J connectivity index is 1.98. The van der Waals surface area contributed by atoms with Gasteiger partial charge in [-0.3, -0.25) is 0 Å². The van der Waals surface area contributed by atoms with Crippen LogP contribution < -0.4 is 14.8 Å². The van der Waals surface area contributed by atoms with Gasteiger partial charge in [0, 0.05) is 17.7 Å². The molecule has 0 aliphatic rings. The van der Waals surface area contributed by atoms with Crippen molar-refractivity contribution < 1.29 is 9.47 Å². The second-order valence-corrected chi connectivity index (χ2v) is 5.87. The van der Waals surface area contributed by atoms with Gasteiger partial charge >= 0.3 is 0 Å². The number of rotatable bonds is 7. The molecule has 1 N–H and O–H groups in total. The van der Waals surface area contributed by atoms with E-state index in [-0.39, 0.29) is 6.10 Å². The molecule has 1 atom stereocenters. The molecule has 0 fully saturated rings. The van der Waals surface area contributed by atoms with Gasteiger partial charge in [-0.05, 0) is 26.0 Å². The predicted octanol–water partition coefficient (Wildman–Crippen LogP) is 3.80. The van der Waals surface area contributed by atoms with Gasteiger partial charge in [0.1, 0.15) is 17.7 Å². The van der Waals surface area contributed by atoms with Crippen molar-refractivity contribution >= 4 is 5.82 Å². The Morgan fingerprint density at radius 2 is 1.78 bits per heavy atom. The second kappa shape index (κ2) is 7.81. The third-order valence-corrected chi connectivity index (χ3v) is 3.36. The van der Waals surface area contributed by atoms with Crippen LogP contribution in [0.3, 0.4) is 0 Å². The van der Waals surface area contributed by atoms with Crippen LogP contribution in [0.4, 0.5) is 5.82 Å². The summed E-state index contributed by atoms with van der Waals surface area (Å²) < 4.78 is 11.2. The standard InChI is InChI=1S/C18H25N3O2/c1-12(2)18-20-13(3)10-17(21-18)19-11-14(4)23-16-9-7-6-8-15(16)22-5/h6-10,12,14H,11H2,1-5H3,(H,19,20,21). The topological polar surface area (TPSA) is 56.3 Å². The maximum absolute atomic E-state index is 5.94. The fourth-order valence-corrected chi connectivity index (χ4v) is 2.16. The smallest absolute Gasteiger partial charge is 0.161 e. The average Bonchev–Trinajstić information content (AvgIpc) is 2.53. The molecule has 0 aliphatic heterocycles. The zero-order chi connectivity index (χ0) is 16.8. The lowest BCUT2D eigenvalue weighted by atomic mass is 10.2. The zero-order valence-electron chi connectivity index (χ0n) is 14.5. The second-order valence-electron chi connectivity index (χ2n) is 5.87. The largest absolute Gasteiger partial charge is 0.493 e. The van der Waals surface area contributed by atoms with Gasteiger partial charge in [0.05, 0.1) is 13.7 Å². The Morgan fingerprint density at radius 3 is 2.43 bits per heavy atom. The molecule has 1 unspecified atom stereocenters. The molecule has 0 spiro atoms. The van der Waals surface area contributed by atoms with Crippen molar-refractivity contribution in [2.75, 3.05) is 19.0 Å². The van der Waals surface area contributed by atoms with Crippen LogP contribution >= 0.6 is 0 Å². The highest BCUT2D eigenvalue weighted by molar-refractivity contribution is 5.40. The zero-order valence-corrected chi connectivity index (χ0v) is 14.5. The minimum Gasteiger partial charge on any atom is -0.493 e. The number of hydrogen-bond donors (Lipinski definition) is 1. The summed E-state index contributed by atoms with van der Waals surface area (Å²) in [7, 11) is 1.64. The quantitative estimate of drug-likeness (QED) is 0.842. The number of anilines is 1. The molecule has 0 bridgehead atoms. The monoisotopic (exact) mass is 315 g/mol. The molecule has 1 heterocycles. The van der Waals surface area contributed by atoms with Crippen LogP contribution in [-0.4, -0.2) is 29.7 Å². The van der Waals surface area contributed by atoms with E-state index in [4.69, 9.17) is 9.47 Å². The first-order chi connectivity index (χ1) is 11.0. The summed E-state index contributed by atoms with van der Waals surface area (Å²) in [5.41, 5.74) is 0.963. The van der Waals surface area contributed by atoms with E-state index in [9.17, 15) is 0 Å². The van der Waals surface area contributed by atoms with Gasteiger partial charge in [-0.25, -0.2) is 9.97 Å². The van der Waals surface area contributed by atoms with Crippen molar-refractivity contribution in [3.63, 3.8) is 0 Å². The first-order valence-corrected chi connectivity index (χ1v) is 7.88. The van der Waals surface area contributed by atoms with E-state index in [0.29, 0.717) is 12.5 Å². The molecule has 2 rings (SSSR count). The lowest BCUT2D eigenvalue weighted by Gasteiger charge is -2.18. The van der Waals surface area contributed by atoms with Crippen molar-refractivity contribution in [2.45, 2.75) is 39.7 Å². The summed E-state index contributed by atoms with van der Waals surface area (Å²) in [5, 5.41) is 3.32. The SMILES string of the molecule is COc1ccccc1OC(C)CNc1cc(C)nc(C(C)C)n1. The highest BCUT2D eigenvalue weighted by Crippen LogP contribution is 2.26. The maximum Gasteiger partial charge on any atom is 0.161 e. The molecular formula is C18H25N3O2. The highest BCUT2D eigenvalue weighted by atomic mass is 16.5. The number of para-hydroxylation sites is 2. The van der Waals surface area contributed by atoms with Gasteiger partial charge in [0.2, 0.25) is 0 Å². The van der Waals surface area contributed by atoms with E-state index in [0.717, 1.165) is 28.8 Å². The van der Waals surface area contributed by atoms with Crippen molar-refractivity contribution in [3.05, 3.63) is 41.9 Å². The van der Waals surface area contributed by atoms with Crippen molar-refractivity contribution in [2.24, 2.45) is 0 Å². The lowest BCUT2D eigenvalue weighted by molar-refractivity contribution is 0.223. The Kier molecular flexibility index (Phi) is 5.79. The van der Waals surface area contributed by atoms with Gasteiger partial charge in [-0.2, -0.15) is 0 Å². The van der Waals surface area contributed by atoms with E-state index in [1.165, 1.54) is 0 Å². The van der Waals surface area contributed by atoms with E-state index >= 15 is 0 Å². The van der Waals surface area contributed by atoms with Gasteiger partial charge in [-0.1, -0.05) is 26.0 Å². The van der Waals surface area contributed by atoms with Crippen LogP contribution in [0.15, 0.2) is 30.3 Å². The summed E-state index contributed by atoms with van der Waals surface area (Å²) in [6, 6.07) is 9.59. The summed E-state index contributed by atoms with van der Waals surface area (Å²) in [6.45, 7) is 8.81. The molecule has 1 aromatic heterocycles. The molecule has 1 aromatic carbocycles. The van der Waals surface area contributed by atoms with Gasteiger partial charge in [-0.15, -0.1) is 0 Å². The molecule has 23 heavy (non-hydrogen) atoms. The number of benzene rings is 1. The van der Waals surface area contributed by atoms with Gasteiger partial charge in [0.15, 0.2) is 11.5 Å². The van der Waals surface area contributed by atoms with E-state index in [1.807, 2.05) is 44.2 Å². The minimum atomic E-state index is -0.0240. The highest BCUT2D eigenvalue weighted by Gasteiger charge is 2.10. The van der Waals surface area contributed by atoms with Crippen molar-refractivity contribution in [1.29, 1.82) is 0 Å². The van der Waals surface area contributed by atoms with Crippen LogP contribution in [0, 0.1) is 6.92 Å². The maximum atomic E-state index is 5.94. The van der Waals surface area contributed by atoms with Gasteiger partial charge < -0.3 is 14.8 Å². The van der Waals surface area contributed by atoms with Crippen LogP contribution in [0.25, 0.3) is 0 Å². The Hall–Kier alpha value is -2.30. The normalized spacial score (nSPS) is 12.1. The fourth-order valence-electron chi connectivity index (χ4n) is 2.16. The van der Waals surface area contributed by atoms with E-state index < -0.39 is 0 Å². The van der Waals surface area contributed by atoms with Gasteiger partial charge in [0.25, 0.3) is 0 Å². The Labute approximate surface area is 138 Å². The molecule has 0 saturated carbocycles. The average molecular weight is 315 g/mol. The molecule has 0 radical (unpaired) electrons.